The minimum atomic E-state index is -0.486. The lowest BCUT2D eigenvalue weighted by Crippen LogP contribution is -2.05. The first-order valence-corrected chi connectivity index (χ1v) is 4.39. The summed E-state index contributed by atoms with van der Waals surface area (Å²) in [4.78, 5) is 7.56. The first kappa shape index (κ1) is 9.57. The Hall–Kier alpha value is -1.98. The Labute approximate surface area is 85.8 Å². The standard InChI is InChI=1S/C9H10FN5/c1-5-3-15(14-8(5)11)9-7(10)6(2)12-4-13-9/h3-4H,1-2H3,(H2,11,14). The number of nitrogen functional groups attached to an aromatic ring is 1. The van der Waals surface area contributed by atoms with E-state index in [0.717, 1.165) is 5.56 Å². The molecule has 2 aromatic heterocycles. The first-order valence-electron chi connectivity index (χ1n) is 4.39. The van der Waals surface area contributed by atoms with Crippen molar-refractivity contribution in [3.8, 4) is 5.82 Å². The zero-order valence-corrected chi connectivity index (χ0v) is 8.40. The van der Waals surface area contributed by atoms with Gasteiger partial charge in [-0.15, -0.1) is 5.10 Å². The number of anilines is 1. The van der Waals surface area contributed by atoms with Crippen LogP contribution in [0.15, 0.2) is 12.5 Å². The average Bonchev–Trinajstić information content (AvgIpc) is 2.51. The van der Waals surface area contributed by atoms with Crippen molar-refractivity contribution in [3.05, 3.63) is 29.6 Å². The van der Waals surface area contributed by atoms with Crippen LogP contribution in [0.5, 0.6) is 0 Å². The van der Waals surface area contributed by atoms with Gasteiger partial charge in [-0.2, -0.15) is 0 Å². The molecule has 2 heterocycles. The van der Waals surface area contributed by atoms with E-state index < -0.39 is 5.82 Å². The number of hydrogen-bond donors (Lipinski definition) is 1. The highest BCUT2D eigenvalue weighted by atomic mass is 19.1. The summed E-state index contributed by atoms with van der Waals surface area (Å²) in [6.45, 7) is 3.37. The van der Waals surface area contributed by atoms with Crippen molar-refractivity contribution < 1.29 is 4.39 Å². The molecule has 0 saturated heterocycles. The first-order chi connectivity index (χ1) is 7.09. The van der Waals surface area contributed by atoms with E-state index in [2.05, 4.69) is 15.1 Å². The molecule has 0 aliphatic heterocycles. The van der Waals surface area contributed by atoms with Crippen molar-refractivity contribution in [1.29, 1.82) is 0 Å². The number of halogens is 1. The molecule has 0 atom stereocenters. The zero-order valence-electron chi connectivity index (χ0n) is 8.40. The summed E-state index contributed by atoms with van der Waals surface area (Å²) in [6, 6.07) is 0. The summed E-state index contributed by atoms with van der Waals surface area (Å²) in [5.41, 5.74) is 6.64. The van der Waals surface area contributed by atoms with Crippen LogP contribution >= 0.6 is 0 Å². The summed E-state index contributed by atoms with van der Waals surface area (Å²) >= 11 is 0. The number of hydrogen-bond acceptors (Lipinski definition) is 4. The third kappa shape index (κ3) is 1.54. The van der Waals surface area contributed by atoms with Crippen molar-refractivity contribution in [1.82, 2.24) is 19.7 Å². The van der Waals surface area contributed by atoms with E-state index >= 15 is 0 Å². The van der Waals surface area contributed by atoms with E-state index in [0.29, 0.717) is 5.82 Å². The van der Waals surface area contributed by atoms with Crippen molar-refractivity contribution in [2.75, 3.05) is 5.73 Å². The van der Waals surface area contributed by atoms with E-state index in [1.807, 2.05) is 0 Å². The molecule has 0 unspecified atom stereocenters. The van der Waals surface area contributed by atoms with Gasteiger partial charge >= 0.3 is 0 Å². The average molecular weight is 207 g/mol. The maximum absolute atomic E-state index is 13.6. The molecule has 0 fully saturated rings. The van der Waals surface area contributed by atoms with Crippen LogP contribution in [0.3, 0.4) is 0 Å². The lowest BCUT2D eigenvalue weighted by molar-refractivity contribution is 0.582. The Morgan fingerprint density at radius 3 is 2.67 bits per heavy atom. The van der Waals surface area contributed by atoms with Crippen LogP contribution in [0.25, 0.3) is 5.82 Å². The molecule has 6 heteroatoms. The largest absolute Gasteiger partial charge is 0.382 e. The van der Waals surface area contributed by atoms with E-state index in [9.17, 15) is 4.39 Å². The Kier molecular flexibility index (Phi) is 2.11. The monoisotopic (exact) mass is 207 g/mol. The number of nitrogens with two attached hydrogens (primary N) is 1. The molecule has 0 aromatic carbocycles. The molecule has 0 amide bonds. The van der Waals surface area contributed by atoms with Crippen LogP contribution < -0.4 is 5.73 Å². The lowest BCUT2D eigenvalue weighted by Gasteiger charge is -2.02. The van der Waals surface area contributed by atoms with E-state index in [-0.39, 0.29) is 11.5 Å². The minimum Gasteiger partial charge on any atom is -0.382 e. The molecule has 0 saturated carbocycles. The van der Waals surface area contributed by atoms with Gasteiger partial charge in [0.1, 0.15) is 12.1 Å². The summed E-state index contributed by atoms with van der Waals surface area (Å²) in [5.74, 6) is -0.00651. The van der Waals surface area contributed by atoms with Crippen LogP contribution in [0.1, 0.15) is 11.3 Å². The maximum atomic E-state index is 13.6. The molecule has 0 bridgehead atoms. The predicted octanol–water partition coefficient (Wildman–Crippen LogP) is 1.00. The van der Waals surface area contributed by atoms with Gasteiger partial charge in [0.15, 0.2) is 11.6 Å². The normalized spacial score (nSPS) is 10.6. The molecule has 2 N–H and O–H groups in total. The van der Waals surface area contributed by atoms with Gasteiger partial charge in [-0.25, -0.2) is 19.0 Å². The zero-order chi connectivity index (χ0) is 11.0. The molecule has 78 valence electrons. The second-order valence-corrected chi connectivity index (χ2v) is 3.24. The van der Waals surface area contributed by atoms with Gasteiger partial charge in [0.2, 0.25) is 0 Å². The van der Waals surface area contributed by atoms with Crippen molar-refractivity contribution >= 4 is 5.82 Å². The Morgan fingerprint density at radius 1 is 1.33 bits per heavy atom. The highest BCUT2D eigenvalue weighted by Crippen LogP contribution is 2.14. The summed E-state index contributed by atoms with van der Waals surface area (Å²) in [7, 11) is 0. The molecule has 0 aliphatic carbocycles. The van der Waals surface area contributed by atoms with Gasteiger partial charge in [0.25, 0.3) is 0 Å². The second kappa shape index (κ2) is 3.30. The Balaban J connectivity index is 2.59. The van der Waals surface area contributed by atoms with Gasteiger partial charge < -0.3 is 5.73 Å². The van der Waals surface area contributed by atoms with Crippen molar-refractivity contribution in [2.24, 2.45) is 0 Å². The summed E-state index contributed by atoms with van der Waals surface area (Å²) in [5, 5.41) is 3.95. The van der Waals surface area contributed by atoms with Gasteiger partial charge in [0, 0.05) is 11.8 Å². The molecule has 0 aliphatic rings. The summed E-state index contributed by atoms with van der Waals surface area (Å²) < 4.78 is 14.9. The molecular weight excluding hydrogens is 197 g/mol. The fourth-order valence-corrected chi connectivity index (χ4v) is 1.19. The predicted molar refractivity (Wildman–Crippen MR) is 53.0 cm³/mol. The molecule has 15 heavy (non-hydrogen) atoms. The quantitative estimate of drug-likeness (QED) is 0.757. The third-order valence-electron chi connectivity index (χ3n) is 2.10. The molecule has 5 nitrogen and oxygen atoms in total. The van der Waals surface area contributed by atoms with Crippen LogP contribution in [-0.4, -0.2) is 19.7 Å². The van der Waals surface area contributed by atoms with Crippen molar-refractivity contribution in [3.63, 3.8) is 0 Å². The number of nitrogens with zero attached hydrogens (tertiary/aromatic N) is 4. The fourth-order valence-electron chi connectivity index (χ4n) is 1.19. The van der Waals surface area contributed by atoms with Gasteiger partial charge in [-0.3, -0.25) is 0 Å². The van der Waals surface area contributed by atoms with Crippen LogP contribution in [-0.2, 0) is 0 Å². The SMILES string of the molecule is Cc1cn(-c2ncnc(C)c2F)nc1N. The third-order valence-corrected chi connectivity index (χ3v) is 2.10. The van der Waals surface area contributed by atoms with Gasteiger partial charge in [-0.05, 0) is 13.8 Å². The highest BCUT2D eigenvalue weighted by molar-refractivity contribution is 5.39. The van der Waals surface area contributed by atoms with Crippen molar-refractivity contribution in [2.45, 2.75) is 13.8 Å². The number of aromatic nitrogens is 4. The molecule has 0 radical (unpaired) electrons. The second-order valence-electron chi connectivity index (χ2n) is 3.24. The number of rotatable bonds is 1. The van der Waals surface area contributed by atoms with Gasteiger partial charge in [0.05, 0.1) is 5.69 Å². The smallest absolute Gasteiger partial charge is 0.193 e. The number of aryl methyl sites for hydroxylation is 2. The lowest BCUT2D eigenvalue weighted by atomic mass is 10.4. The molecular formula is C9H10FN5. The molecule has 0 spiro atoms. The van der Waals surface area contributed by atoms with E-state index in [1.165, 1.54) is 11.0 Å². The van der Waals surface area contributed by atoms with Crippen LogP contribution in [0.4, 0.5) is 10.2 Å². The Bertz CT molecular complexity index is 486. The van der Waals surface area contributed by atoms with E-state index in [1.54, 1.807) is 20.0 Å². The highest BCUT2D eigenvalue weighted by Gasteiger charge is 2.11. The Morgan fingerprint density at radius 2 is 2.07 bits per heavy atom. The van der Waals surface area contributed by atoms with Crippen LogP contribution in [0.2, 0.25) is 0 Å². The van der Waals surface area contributed by atoms with Crippen LogP contribution in [0, 0.1) is 19.7 Å². The van der Waals surface area contributed by atoms with Gasteiger partial charge in [-0.1, -0.05) is 0 Å². The minimum absolute atomic E-state index is 0.113. The molecule has 2 rings (SSSR count). The topological polar surface area (TPSA) is 69.6 Å². The summed E-state index contributed by atoms with van der Waals surface area (Å²) in [6.07, 6.45) is 2.92. The molecule has 2 aromatic rings. The maximum Gasteiger partial charge on any atom is 0.193 e. The fraction of sp³-hybridized carbons (Fsp3) is 0.222. The van der Waals surface area contributed by atoms with E-state index in [4.69, 9.17) is 5.73 Å².